The molecule has 2 aliphatic heterocycles. The molecule has 158 valence electrons. The molecule has 0 aromatic carbocycles. The number of hydrogen-bond donors (Lipinski definition) is 0. The van der Waals surface area contributed by atoms with E-state index in [-0.39, 0.29) is 29.3 Å². The van der Waals surface area contributed by atoms with Gasteiger partial charge in [0.2, 0.25) is 0 Å². The Morgan fingerprint density at radius 2 is 1.93 bits per heavy atom. The topological polar surface area (TPSA) is 49.5 Å². The first-order valence-electron chi connectivity index (χ1n) is 10.3. The van der Waals surface area contributed by atoms with Crippen LogP contribution in [-0.2, 0) is 23.7 Å². The molecule has 1 aliphatic carbocycles. The minimum absolute atomic E-state index is 0.00238. The first-order valence-corrected chi connectivity index (χ1v) is 10.3. The van der Waals surface area contributed by atoms with Crippen molar-refractivity contribution in [2.24, 2.45) is 11.8 Å². The van der Waals surface area contributed by atoms with Crippen molar-refractivity contribution >= 4 is 0 Å². The molecule has 28 heavy (non-hydrogen) atoms. The molecule has 0 spiro atoms. The zero-order valence-corrected chi connectivity index (χ0v) is 18.2. The molecule has 3 aliphatic rings. The summed E-state index contributed by atoms with van der Waals surface area (Å²) < 4.78 is 29.1. The molecule has 3 rings (SSSR count). The largest absolute Gasteiger partial charge is 0.375 e. The lowest BCUT2D eigenvalue weighted by molar-refractivity contribution is -0.256. The lowest BCUT2D eigenvalue weighted by atomic mass is 9.75. The molecule has 6 atom stereocenters. The van der Waals surface area contributed by atoms with E-state index in [4.69, 9.17) is 23.7 Å². The van der Waals surface area contributed by atoms with Crippen LogP contribution in [0.25, 0.3) is 0 Å². The Morgan fingerprint density at radius 3 is 2.57 bits per heavy atom. The van der Waals surface area contributed by atoms with Crippen molar-refractivity contribution in [3.8, 4) is 0 Å². The summed E-state index contributed by atoms with van der Waals surface area (Å²) in [5, 5.41) is 0. The van der Waals surface area contributed by atoms with E-state index in [1.807, 2.05) is 19.9 Å². The molecular formula is C23H36O5. The second-order valence-corrected chi connectivity index (χ2v) is 8.93. The van der Waals surface area contributed by atoms with Gasteiger partial charge < -0.3 is 23.7 Å². The Morgan fingerprint density at radius 1 is 1.18 bits per heavy atom. The van der Waals surface area contributed by atoms with Crippen molar-refractivity contribution in [3.63, 3.8) is 0 Å². The van der Waals surface area contributed by atoms with E-state index >= 15 is 0 Å². The molecule has 0 bridgehead atoms. The first kappa shape index (κ1) is 21.7. The third-order valence-corrected chi connectivity index (χ3v) is 6.63. The molecule has 3 fully saturated rings. The van der Waals surface area contributed by atoms with E-state index in [9.17, 15) is 0 Å². The summed E-state index contributed by atoms with van der Waals surface area (Å²) in [6.07, 6.45) is 9.75. The van der Waals surface area contributed by atoms with Gasteiger partial charge in [0.25, 0.3) is 0 Å². The van der Waals surface area contributed by atoms with Gasteiger partial charge in [-0.15, -0.1) is 0 Å². The summed E-state index contributed by atoms with van der Waals surface area (Å²) >= 11 is 0. The molecule has 0 aromatic heterocycles. The highest BCUT2D eigenvalue weighted by atomic mass is 16.8. The van der Waals surface area contributed by atoms with Crippen molar-refractivity contribution in [1.82, 2.24) is 0 Å². The fourth-order valence-corrected chi connectivity index (χ4v) is 4.54. The molecule has 1 saturated carbocycles. The minimum atomic E-state index is -0.432. The maximum Gasteiger partial charge on any atom is 0.183 e. The highest BCUT2D eigenvalue weighted by Crippen LogP contribution is 2.51. The van der Waals surface area contributed by atoms with Crippen LogP contribution in [0.3, 0.4) is 0 Å². The molecule has 0 aromatic rings. The van der Waals surface area contributed by atoms with Crippen LogP contribution in [0.1, 0.15) is 46.5 Å². The van der Waals surface area contributed by atoms with Gasteiger partial charge in [-0.3, -0.25) is 0 Å². The zero-order valence-electron chi connectivity index (χ0n) is 18.2. The van der Waals surface area contributed by atoms with Gasteiger partial charge in [0.1, 0.15) is 0 Å². The molecule has 0 N–H and O–H groups in total. The van der Waals surface area contributed by atoms with Gasteiger partial charge >= 0.3 is 0 Å². The van der Waals surface area contributed by atoms with Gasteiger partial charge in [0.15, 0.2) is 12.6 Å². The van der Waals surface area contributed by atoms with E-state index in [1.165, 1.54) is 5.57 Å². The number of rotatable bonds is 5. The fourth-order valence-electron chi connectivity index (χ4n) is 4.54. The standard InChI is InChI=1S/C23H36O5/c1-15-10-11-18-23(4,28-18)14-12-16-17(9-8-13-22(2,3)26-7)20(24-5)27-21(25-6)19(15)16/h8-9,13,16,18-21H,1,10-12,14H2,2-7H3/b13-8+,17-9-/t16-,18+,19+,20+,21+,23+/m1/s1. The Hall–Kier alpha value is -0.980. The van der Waals surface area contributed by atoms with Crippen LogP contribution in [0.5, 0.6) is 0 Å². The second-order valence-electron chi connectivity index (χ2n) is 8.93. The van der Waals surface area contributed by atoms with Crippen LogP contribution >= 0.6 is 0 Å². The van der Waals surface area contributed by atoms with Gasteiger partial charge in [0.05, 0.1) is 17.3 Å². The lowest BCUT2D eigenvalue weighted by Crippen LogP contribution is -2.45. The molecule has 0 unspecified atom stereocenters. The number of hydrogen-bond acceptors (Lipinski definition) is 5. The average Bonchev–Trinajstić information content (AvgIpc) is 3.32. The normalized spacial score (nSPS) is 40.6. The summed E-state index contributed by atoms with van der Waals surface area (Å²) in [5.74, 6) is 0.360. The van der Waals surface area contributed by atoms with Gasteiger partial charge in [-0.05, 0) is 57.9 Å². The minimum Gasteiger partial charge on any atom is -0.375 e. The van der Waals surface area contributed by atoms with Crippen molar-refractivity contribution in [2.45, 2.75) is 76.3 Å². The van der Waals surface area contributed by atoms with E-state index in [2.05, 4.69) is 25.7 Å². The Bertz CT molecular complexity index is 637. The highest BCUT2D eigenvalue weighted by molar-refractivity contribution is 5.26. The molecule has 0 radical (unpaired) electrons. The first-order chi connectivity index (χ1) is 13.2. The smallest absolute Gasteiger partial charge is 0.183 e. The van der Waals surface area contributed by atoms with Gasteiger partial charge in [-0.1, -0.05) is 30.4 Å². The summed E-state index contributed by atoms with van der Waals surface area (Å²) in [6.45, 7) is 10.7. The van der Waals surface area contributed by atoms with Gasteiger partial charge in [-0.25, -0.2) is 0 Å². The third kappa shape index (κ3) is 4.44. The number of allylic oxidation sites excluding steroid dienone is 2. The van der Waals surface area contributed by atoms with Gasteiger partial charge in [-0.2, -0.15) is 0 Å². The van der Waals surface area contributed by atoms with Crippen LogP contribution in [0, 0.1) is 11.8 Å². The molecular weight excluding hydrogens is 356 g/mol. The molecule has 5 nitrogen and oxygen atoms in total. The Balaban J connectivity index is 1.94. The van der Waals surface area contributed by atoms with E-state index in [0.29, 0.717) is 6.10 Å². The summed E-state index contributed by atoms with van der Waals surface area (Å²) in [4.78, 5) is 0. The maximum absolute atomic E-state index is 6.18. The number of epoxide rings is 1. The maximum atomic E-state index is 6.18. The number of fused-ring (bicyclic) bond motifs is 2. The zero-order chi connectivity index (χ0) is 20.5. The summed E-state index contributed by atoms with van der Waals surface area (Å²) in [5.41, 5.74) is 1.98. The summed E-state index contributed by atoms with van der Waals surface area (Å²) in [6, 6.07) is 0. The molecule has 5 heteroatoms. The van der Waals surface area contributed by atoms with Crippen LogP contribution in [-0.4, -0.2) is 51.2 Å². The monoisotopic (exact) mass is 392 g/mol. The predicted octanol–water partition coefficient (Wildman–Crippen LogP) is 4.39. The number of ether oxygens (including phenoxy) is 5. The lowest BCUT2D eigenvalue weighted by Gasteiger charge is -2.43. The SMILES string of the molecule is C=C1CC[C@@H]2O[C@@]2(C)CC[C@@H]2/C(=C/C=C/C(C)(C)OC)[C@@H](OC)O[C@H](OC)[C@@H]12. The van der Waals surface area contributed by atoms with Crippen LogP contribution < -0.4 is 0 Å². The Kier molecular flexibility index (Phi) is 6.52. The van der Waals surface area contributed by atoms with Gasteiger partial charge in [0, 0.05) is 27.2 Å². The predicted molar refractivity (Wildman–Crippen MR) is 109 cm³/mol. The highest BCUT2D eigenvalue weighted by Gasteiger charge is 2.54. The second kappa shape index (κ2) is 8.41. The van der Waals surface area contributed by atoms with E-state index in [0.717, 1.165) is 31.3 Å². The Labute approximate surface area is 169 Å². The molecule has 0 amide bonds. The van der Waals surface area contributed by atoms with Crippen LogP contribution in [0.15, 0.2) is 36.0 Å². The average molecular weight is 393 g/mol. The third-order valence-electron chi connectivity index (χ3n) is 6.63. The molecule has 2 saturated heterocycles. The van der Waals surface area contributed by atoms with Crippen LogP contribution in [0.4, 0.5) is 0 Å². The van der Waals surface area contributed by atoms with Crippen LogP contribution in [0.2, 0.25) is 0 Å². The summed E-state index contributed by atoms with van der Waals surface area (Å²) in [7, 11) is 5.10. The van der Waals surface area contributed by atoms with E-state index in [1.54, 1.807) is 21.3 Å². The van der Waals surface area contributed by atoms with Crippen molar-refractivity contribution in [1.29, 1.82) is 0 Å². The number of methoxy groups -OCH3 is 3. The molecule has 2 heterocycles. The van der Waals surface area contributed by atoms with Crippen molar-refractivity contribution < 1.29 is 23.7 Å². The fraction of sp³-hybridized carbons (Fsp3) is 0.739. The van der Waals surface area contributed by atoms with E-state index < -0.39 is 6.29 Å². The van der Waals surface area contributed by atoms with Crippen molar-refractivity contribution in [2.75, 3.05) is 21.3 Å². The quantitative estimate of drug-likeness (QED) is 0.513. The van der Waals surface area contributed by atoms with Crippen molar-refractivity contribution in [3.05, 3.63) is 36.0 Å².